The summed E-state index contributed by atoms with van der Waals surface area (Å²) in [4.78, 5) is 20.7. The van der Waals surface area contributed by atoms with Crippen molar-refractivity contribution in [1.82, 2.24) is 30.3 Å². The molecule has 3 aromatic carbocycles. The molecule has 0 aliphatic rings. The van der Waals surface area contributed by atoms with E-state index in [2.05, 4.69) is 50.2 Å². The molecule has 42 heavy (non-hydrogen) atoms. The second kappa shape index (κ2) is 12.3. The number of amides is 1. The second-order valence-corrected chi connectivity index (χ2v) is 10.4. The number of primary amides is 1. The Morgan fingerprint density at radius 3 is 2.67 bits per heavy atom. The summed E-state index contributed by atoms with van der Waals surface area (Å²) in [6.45, 7) is 2.66. The van der Waals surface area contributed by atoms with Gasteiger partial charge in [-0.15, -0.1) is 5.10 Å². The van der Waals surface area contributed by atoms with Crippen LogP contribution >= 0.6 is 11.6 Å². The lowest BCUT2D eigenvalue weighted by Gasteiger charge is -2.12. The van der Waals surface area contributed by atoms with E-state index < -0.39 is 5.91 Å². The summed E-state index contributed by atoms with van der Waals surface area (Å²) in [7, 11) is 0. The van der Waals surface area contributed by atoms with Gasteiger partial charge in [-0.1, -0.05) is 65.3 Å². The lowest BCUT2D eigenvalue weighted by Crippen LogP contribution is -2.13. The van der Waals surface area contributed by atoms with Crippen LogP contribution < -0.4 is 16.4 Å². The number of rotatable bonds is 11. The summed E-state index contributed by atoms with van der Waals surface area (Å²) in [5, 5.41) is 19.0. The third kappa shape index (κ3) is 6.07. The number of pyridine rings is 2. The number of aryl methyl sites for hydroxylation is 1. The zero-order chi connectivity index (χ0) is 28.9. The van der Waals surface area contributed by atoms with E-state index in [4.69, 9.17) is 22.3 Å². The molecule has 0 spiro atoms. The minimum absolute atomic E-state index is 0.422. The third-order valence-electron chi connectivity index (χ3n) is 7.08. The molecular weight excluding hydrogens is 548 g/mol. The first kappa shape index (κ1) is 27.3. The van der Waals surface area contributed by atoms with E-state index >= 15 is 0 Å². The molecule has 0 unspecified atom stereocenters. The number of nitrogens with two attached hydrogens (primary N) is 1. The largest absolute Gasteiger partial charge is 0.369 e. The molecule has 0 radical (unpaired) electrons. The lowest BCUT2D eigenvalue weighted by atomic mass is 10.0. The van der Waals surface area contributed by atoms with Crippen LogP contribution in [0.5, 0.6) is 0 Å². The molecule has 4 N–H and O–H groups in total. The van der Waals surface area contributed by atoms with Crippen LogP contribution in [0.3, 0.4) is 0 Å². The highest BCUT2D eigenvalue weighted by molar-refractivity contribution is 6.33. The van der Waals surface area contributed by atoms with Crippen molar-refractivity contribution >= 4 is 45.0 Å². The Bertz CT molecular complexity index is 1870. The van der Waals surface area contributed by atoms with Crippen molar-refractivity contribution in [3.05, 3.63) is 113 Å². The SMILES string of the molecule is NC(=O)c1ccc2c(c1)nc(NCCCn1cc(CNCc3ccc(-c4ccccc4)c(Cl)c3)nn1)c1ccncc12. The number of carbonyl (C=O) groups excluding carboxylic acids is 1. The Labute approximate surface area is 247 Å². The topological polar surface area (TPSA) is 124 Å². The normalized spacial score (nSPS) is 11.3. The van der Waals surface area contributed by atoms with Crippen molar-refractivity contribution in [2.45, 2.75) is 26.1 Å². The van der Waals surface area contributed by atoms with Crippen LogP contribution in [0.2, 0.25) is 5.02 Å². The van der Waals surface area contributed by atoms with E-state index in [1.54, 1.807) is 18.3 Å². The number of benzene rings is 3. The highest BCUT2D eigenvalue weighted by atomic mass is 35.5. The van der Waals surface area contributed by atoms with Crippen LogP contribution in [-0.4, -0.2) is 37.4 Å². The molecule has 210 valence electrons. The minimum Gasteiger partial charge on any atom is -0.369 e. The monoisotopic (exact) mass is 576 g/mol. The average Bonchev–Trinajstić information content (AvgIpc) is 3.47. The summed E-state index contributed by atoms with van der Waals surface area (Å²) in [6.07, 6.45) is 6.33. The highest BCUT2D eigenvalue weighted by Gasteiger charge is 2.11. The van der Waals surface area contributed by atoms with Crippen molar-refractivity contribution in [3.8, 4) is 11.1 Å². The highest BCUT2D eigenvalue weighted by Crippen LogP contribution is 2.30. The van der Waals surface area contributed by atoms with E-state index in [-0.39, 0.29) is 0 Å². The van der Waals surface area contributed by atoms with Gasteiger partial charge in [0, 0.05) is 77.1 Å². The molecule has 0 aliphatic carbocycles. The van der Waals surface area contributed by atoms with Gasteiger partial charge in [0.1, 0.15) is 5.82 Å². The first-order valence-electron chi connectivity index (χ1n) is 13.7. The summed E-state index contributed by atoms with van der Waals surface area (Å²) < 4.78 is 1.85. The number of nitrogens with zero attached hydrogens (tertiary/aromatic N) is 5. The van der Waals surface area contributed by atoms with Gasteiger partial charge in [-0.2, -0.15) is 0 Å². The summed E-state index contributed by atoms with van der Waals surface area (Å²) in [5.74, 6) is 0.255. The Morgan fingerprint density at radius 1 is 0.952 bits per heavy atom. The minimum atomic E-state index is -0.483. The Hall–Kier alpha value is -4.86. The number of nitrogens with one attached hydrogen (secondary N) is 2. The Kier molecular flexibility index (Phi) is 8.02. The number of halogens is 1. The first-order valence-corrected chi connectivity index (χ1v) is 14.1. The molecule has 0 atom stereocenters. The fraction of sp³-hybridized carbons (Fsp3) is 0.156. The van der Waals surface area contributed by atoms with Crippen molar-refractivity contribution in [1.29, 1.82) is 0 Å². The van der Waals surface area contributed by atoms with Crippen LogP contribution in [0.25, 0.3) is 32.8 Å². The maximum Gasteiger partial charge on any atom is 0.248 e. The predicted molar refractivity (Wildman–Crippen MR) is 166 cm³/mol. The van der Waals surface area contributed by atoms with Crippen molar-refractivity contribution < 1.29 is 4.79 Å². The Balaban J connectivity index is 1.02. The molecule has 0 saturated carbocycles. The fourth-order valence-electron chi connectivity index (χ4n) is 4.97. The van der Waals surface area contributed by atoms with Crippen LogP contribution in [-0.2, 0) is 19.6 Å². The number of hydrogen-bond acceptors (Lipinski definition) is 7. The van der Waals surface area contributed by atoms with Gasteiger partial charge in [0.25, 0.3) is 0 Å². The van der Waals surface area contributed by atoms with Gasteiger partial charge in [-0.3, -0.25) is 14.5 Å². The van der Waals surface area contributed by atoms with Gasteiger partial charge in [0.05, 0.1) is 11.2 Å². The molecule has 6 rings (SSSR count). The average molecular weight is 577 g/mol. The smallest absolute Gasteiger partial charge is 0.248 e. The molecule has 3 heterocycles. The van der Waals surface area contributed by atoms with E-state index in [1.807, 2.05) is 53.5 Å². The zero-order valence-corrected chi connectivity index (χ0v) is 23.6. The molecule has 6 aromatic rings. The first-order chi connectivity index (χ1) is 20.5. The maximum absolute atomic E-state index is 11.7. The molecule has 3 aromatic heterocycles. The van der Waals surface area contributed by atoms with Crippen molar-refractivity contribution in [2.24, 2.45) is 5.73 Å². The predicted octanol–water partition coefficient (Wildman–Crippen LogP) is 5.59. The van der Waals surface area contributed by atoms with E-state index in [0.29, 0.717) is 37.3 Å². The molecule has 0 aliphatic heterocycles. The van der Waals surface area contributed by atoms with Crippen LogP contribution in [0, 0.1) is 0 Å². The van der Waals surface area contributed by atoms with Gasteiger partial charge >= 0.3 is 0 Å². The van der Waals surface area contributed by atoms with Gasteiger partial charge in [0.2, 0.25) is 5.91 Å². The summed E-state index contributed by atoms with van der Waals surface area (Å²) >= 11 is 6.55. The Morgan fingerprint density at radius 2 is 1.83 bits per heavy atom. The second-order valence-electron chi connectivity index (χ2n) is 10.0. The molecule has 0 bridgehead atoms. The number of hydrogen-bond donors (Lipinski definition) is 3. The van der Waals surface area contributed by atoms with Crippen LogP contribution in [0.1, 0.15) is 28.0 Å². The van der Waals surface area contributed by atoms with Gasteiger partial charge < -0.3 is 16.4 Å². The standard InChI is InChI=1S/C32H29ClN8O/c33-29-15-21(7-9-25(29)22-5-2-1-3-6-22)17-36-18-24-20-41(40-39-24)14-4-12-37-32-27-11-13-35-19-28(27)26-10-8-23(31(34)42)16-30(26)38-32/h1-3,5-11,13,15-16,19-20,36H,4,12,14,17-18H2,(H2,34,42)(H,37,38). The molecule has 10 heteroatoms. The fourth-order valence-corrected chi connectivity index (χ4v) is 5.28. The van der Waals surface area contributed by atoms with Gasteiger partial charge in [0.15, 0.2) is 0 Å². The van der Waals surface area contributed by atoms with Crippen molar-refractivity contribution in [3.63, 3.8) is 0 Å². The van der Waals surface area contributed by atoms with E-state index in [1.165, 1.54) is 0 Å². The number of anilines is 1. The molecular formula is C32H29ClN8O. The molecule has 1 amide bonds. The molecule has 0 fully saturated rings. The molecule has 9 nitrogen and oxygen atoms in total. The van der Waals surface area contributed by atoms with Gasteiger partial charge in [-0.25, -0.2) is 4.98 Å². The van der Waals surface area contributed by atoms with E-state index in [0.717, 1.165) is 55.8 Å². The van der Waals surface area contributed by atoms with Gasteiger partial charge in [-0.05, 0) is 41.8 Å². The molecule has 0 saturated heterocycles. The summed E-state index contributed by atoms with van der Waals surface area (Å²) in [5.41, 5.74) is 10.7. The number of fused-ring (bicyclic) bond motifs is 3. The maximum atomic E-state index is 11.7. The van der Waals surface area contributed by atoms with E-state index in [9.17, 15) is 4.79 Å². The van der Waals surface area contributed by atoms with Crippen LogP contribution in [0.4, 0.5) is 5.82 Å². The lowest BCUT2D eigenvalue weighted by molar-refractivity contribution is 0.100. The summed E-state index contributed by atoms with van der Waals surface area (Å²) in [6, 6.07) is 23.5. The van der Waals surface area contributed by atoms with Crippen LogP contribution in [0.15, 0.2) is 91.4 Å². The quantitative estimate of drug-likeness (QED) is 0.136. The van der Waals surface area contributed by atoms with Crippen molar-refractivity contribution in [2.75, 3.05) is 11.9 Å². The number of carbonyl (C=O) groups is 1. The zero-order valence-electron chi connectivity index (χ0n) is 22.8. The third-order valence-corrected chi connectivity index (χ3v) is 7.39. The number of aromatic nitrogens is 5.